The van der Waals surface area contributed by atoms with Crippen molar-refractivity contribution in [3.05, 3.63) is 46.6 Å². The SMILES string of the molecule is CCN(Cc1noc(CC(C)C)n1)C(=O)N[C@@H](C)c1ccc(Cl)cc1. The summed E-state index contributed by atoms with van der Waals surface area (Å²) < 4.78 is 5.23. The Morgan fingerprint density at radius 2 is 1.96 bits per heavy atom. The minimum absolute atomic E-state index is 0.124. The van der Waals surface area contributed by atoms with Crippen LogP contribution in [0.4, 0.5) is 4.79 Å². The van der Waals surface area contributed by atoms with Gasteiger partial charge >= 0.3 is 6.03 Å². The maximum absolute atomic E-state index is 12.5. The molecular weight excluding hydrogens is 340 g/mol. The third kappa shape index (κ3) is 5.74. The van der Waals surface area contributed by atoms with Gasteiger partial charge in [0.25, 0.3) is 0 Å². The number of urea groups is 1. The van der Waals surface area contributed by atoms with Crippen LogP contribution in [0.3, 0.4) is 0 Å². The monoisotopic (exact) mass is 364 g/mol. The van der Waals surface area contributed by atoms with Crippen molar-refractivity contribution in [1.82, 2.24) is 20.4 Å². The number of nitrogens with zero attached hydrogens (tertiary/aromatic N) is 3. The third-order valence-electron chi connectivity index (χ3n) is 3.80. The number of hydrogen-bond acceptors (Lipinski definition) is 4. The summed E-state index contributed by atoms with van der Waals surface area (Å²) >= 11 is 5.90. The van der Waals surface area contributed by atoms with E-state index < -0.39 is 0 Å². The van der Waals surface area contributed by atoms with E-state index in [0.29, 0.717) is 35.7 Å². The molecule has 0 fully saturated rings. The highest BCUT2D eigenvalue weighted by Crippen LogP contribution is 2.16. The second-order valence-electron chi connectivity index (χ2n) is 6.44. The average Bonchev–Trinajstić information content (AvgIpc) is 2.99. The van der Waals surface area contributed by atoms with E-state index >= 15 is 0 Å². The molecule has 2 aromatic rings. The summed E-state index contributed by atoms with van der Waals surface area (Å²) in [4.78, 5) is 18.5. The Hall–Kier alpha value is -2.08. The molecule has 0 saturated carbocycles. The van der Waals surface area contributed by atoms with Crippen molar-refractivity contribution in [2.75, 3.05) is 6.54 Å². The normalized spacial score (nSPS) is 12.2. The van der Waals surface area contributed by atoms with Gasteiger partial charge in [0.15, 0.2) is 5.82 Å². The van der Waals surface area contributed by atoms with Crippen molar-refractivity contribution in [2.24, 2.45) is 5.92 Å². The van der Waals surface area contributed by atoms with Gasteiger partial charge in [-0.1, -0.05) is 42.7 Å². The van der Waals surface area contributed by atoms with Crippen LogP contribution in [0, 0.1) is 5.92 Å². The van der Waals surface area contributed by atoms with Crippen molar-refractivity contribution in [2.45, 2.75) is 46.7 Å². The summed E-state index contributed by atoms with van der Waals surface area (Å²) in [6.45, 7) is 8.90. The Morgan fingerprint density at radius 3 is 2.56 bits per heavy atom. The van der Waals surface area contributed by atoms with Gasteiger partial charge in [-0.15, -0.1) is 0 Å². The third-order valence-corrected chi connectivity index (χ3v) is 4.06. The number of halogens is 1. The maximum Gasteiger partial charge on any atom is 0.318 e. The van der Waals surface area contributed by atoms with E-state index in [1.807, 2.05) is 38.1 Å². The van der Waals surface area contributed by atoms with E-state index in [0.717, 1.165) is 12.0 Å². The standard InChI is InChI=1S/C18H25ClN4O2/c1-5-23(11-16-21-17(25-22-16)10-12(2)3)18(24)20-13(4)14-6-8-15(19)9-7-14/h6-9,12-13H,5,10-11H2,1-4H3,(H,20,24)/t13-/m0/s1. The van der Waals surface area contributed by atoms with Crippen LogP contribution in [0.15, 0.2) is 28.8 Å². The number of carbonyl (C=O) groups excluding carboxylic acids is 1. The number of amides is 2. The summed E-state index contributed by atoms with van der Waals surface area (Å²) in [7, 11) is 0. The van der Waals surface area contributed by atoms with Crippen molar-refractivity contribution in [3.63, 3.8) is 0 Å². The lowest BCUT2D eigenvalue weighted by molar-refractivity contribution is 0.192. The molecule has 7 heteroatoms. The zero-order valence-electron chi connectivity index (χ0n) is 15.1. The van der Waals surface area contributed by atoms with Crippen LogP contribution in [0.2, 0.25) is 5.02 Å². The van der Waals surface area contributed by atoms with Crippen LogP contribution < -0.4 is 5.32 Å². The van der Waals surface area contributed by atoms with Crippen LogP contribution in [0.5, 0.6) is 0 Å². The molecule has 0 unspecified atom stereocenters. The zero-order valence-corrected chi connectivity index (χ0v) is 15.9. The van der Waals surface area contributed by atoms with Gasteiger partial charge in [0.2, 0.25) is 5.89 Å². The molecule has 0 aliphatic heterocycles. The quantitative estimate of drug-likeness (QED) is 0.798. The zero-order chi connectivity index (χ0) is 18.4. The first-order valence-electron chi connectivity index (χ1n) is 8.51. The largest absolute Gasteiger partial charge is 0.339 e. The number of benzene rings is 1. The Kier molecular flexibility index (Phi) is 6.82. The summed E-state index contributed by atoms with van der Waals surface area (Å²) in [5.41, 5.74) is 0.993. The molecule has 0 aliphatic carbocycles. The highest BCUT2D eigenvalue weighted by atomic mass is 35.5. The lowest BCUT2D eigenvalue weighted by atomic mass is 10.1. The number of hydrogen-bond donors (Lipinski definition) is 1. The maximum atomic E-state index is 12.5. The van der Waals surface area contributed by atoms with Gasteiger partial charge in [-0.05, 0) is 37.5 Å². The van der Waals surface area contributed by atoms with Crippen LogP contribution in [-0.4, -0.2) is 27.6 Å². The first kappa shape index (κ1) is 19.2. The highest BCUT2D eigenvalue weighted by molar-refractivity contribution is 6.30. The predicted molar refractivity (Wildman–Crippen MR) is 97.3 cm³/mol. The molecule has 0 radical (unpaired) electrons. The van der Waals surface area contributed by atoms with E-state index in [2.05, 4.69) is 29.3 Å². The molecule has 0 spiro atoms. The number of aromatic nitrogens is 2. The molecule has 0 saturated heterocycles. The van der Waals surface area contributed by atoms with Crippen molar-refractivity contribution in [3.8, 4) is 0 Å². The fourth-order valence-electron chi connectivity index (χ4n) is 2.40. The minimum atomic E-state index is -0.167. The summed E-state index contributed by atoms with van der Waals surface area (Å²) in [6, 6.07) is 7.14. The Morgan fingerprint density at radius 1 is 1.28 bits per heavy atom. The van der Waals surface area contributed by atoms with Crippen LogP contribution in [-0.2, 0) is 13.0 Å². The Bertz CT molecular complexity index is 685. The molecule has 1 N–H and O–H groups in total. The molecule has 1 aromatic carbocycles. The molecular formula is C18H25ClN4O2. The number of nitrogens with one attached hydrogen (secondary N) is 1. The van der Waals surface area contributed by atoms with Gasteiger partial charge < -0.3 is 14.7 Å². The lowest BCUT2D eigenvalue weighted by Gasteiger charge is -2.23. The summed E-state index contributed by atoms with van der Waals surface area (Å²) in [5.74, 6) is 1.57. The molecule has 2 rings (SSSR count). The van der Waals surface area contributed by atoms with Crippen LogP contribution >= 0.6 is 11.6 Å². The lowest BCUT2D eigenvalue weighted by Crippen LogP contribution is -2.40. The number of rotatable bonds is 7. The van der Waals surface area contributed by atoms with Crippen molar-refractivity contribution in [1.29, 1.82) is 0 Å². The molecule has 0 aliphatic rings. The van der Waals surface area contributed by atoms with Crippen molar-refractivity contribution < 1.29 is 9.32 Å². The van der Waals surface area contributed by atoms with Gasteiger partial charge in [0.05, 0.1) is 12.6 Å². The molecule has 2 amide bonds. The second-order valence-corrected chi connectivity index (χ2v) is 6.88. The van der Waals surface area contributed by atoms with Gasteiger partial charge in [-0.3, -0.25) is 0 Å². The number of carbonyl (C=O) groups is 1. The predicted octanol–water partition coefficient (Wildman–Crippen LogP) is 4.21. The fourth-order valence-corrected chi connectivity index (χ4v) is 2.52. The van der Waals surface area contributed by atoms with Crippen molar-refractivity contribution >= 4 is 17.6 Å². The van der Waals surface area contributed by atoms with E-state index in [1.165, 1.54) is 0 Å². The van der Waals surface area contributed by atoms with E-state index in [9.17, 15) is 4.79 Å². The van der Waals surface area contributed by atoms with Gasteiger partial charge in [0, 0.05) is 18.0 Å². The van der Waals surface area contributed by atoms with Crippen LogP contribution in [0.1, 0.15) is 51.0 Å². The summed E-state index contributed by atoms with van der Waals surface area (Å²) in [6.07, 6.45) is 0.735. The topological polar surface area (TPSA) is 71.3 Å². The van der Waals surface area contributed by atoms with Gasteiger partial charge in [0.1, 0.15) is 0 Å². The minimum Gasteiger partial charge on any atom is -0.339 e. The summed E-state index contributed by atoms with van der Waals surface area (Å²) in [5, 5.41) is 7.62. The smallest absolute Gasteiger partial charge is 0.318 e. The van der Waals surface area contributed by atoms with E-state index in [1.54, 1.807) is 4.90 Å². The van der Waals surface area contributed by atoms with E-state index in [-0.39, 0.29) is 12.1 Å². The molecule has 25 heavy (non-hydrogen) atoms. The average molecular weight is 365 g/mol. The fraction of sp³-hybridized carbons (Fsp3) is 0.500. The van der Waals surface area contributed by atoms with Gasteiger partial charge in [-0.2, -0.15) is 4.98 Å². The molecule has 1 aromatic heterocycles. The van der Waals surface area contributed by atoms with Crippen LogP contribution in [0.25, 0.3) is 0 Å². The molecule has 6 nitrogen and oxygen atoms in total. The first-order valence-corrected chi connectivity index (χ1v) is 8.89. The Labute approximate surface area is 153 Å². The second kappa shape index (κ2) is 8.85. The molecule has 136 valence electrons. The molecule has 1 heterocycles. The van der Waals surface area contributed by atoms with E-state index in [4.69, 9.17) is 16.1 Å². The molecule has 0 bridgehead atoms. The highest BCUT2D eigenvalue weighted by Gasteiger charge is 2.18. The Balaban J connectivity index is 1.95. The molecule has 1 atom stereocenters. The first-order chi connectivity index (χ1) is 11.9. The van der Waals surface area contributed by atoms with Gasteiger partial charge in [-0.25, -0.2) is 4.79 Å².